The van der Waals surface area contributed by atoms with Gasteiger partial charge in [-0.2, -0.15) is 4.98 Å². The van der Waals surface area contributed by atoms with Gasteiger partial charge in [0, 0.05) is 24.7 Å². The topological polar surface area (TPSA) is 87.9 Å². The van der Waals surface area contributed by atoms with Crippen LogP contribution in [0.15, 0.2) is 34.8 Å². The van der Waals surface area contributed by atoms with E-state index >= 15 is 0 Å². The van der Waals surface area contributed by atoms with Crippen molar-refractivity contribution in [3.05, 3.63) is 39.8 Å². The molecule has 0 saturated carbocycles. The van der Waals surface area contributed by atoms with Crippen molar-refractivity contribution in [1.29, 1.82) is 0 Å². The fraction of sp³-hybridized carbons (Fsp3) is 0.500. The number of halogens is 2. The van der Waals surface area contributed by atoms with Gasteiger partial charge in [-0.05, 0) is 24.2 Å². The van der Waals surface area contributed by atoms with Gasteiger partial charge in [0.25, 0.3) is 0 Å². The maximum Gasteiger partial charge on any atom is 0.301 e. The molecular formula is C24H29BrClN3O5Si. The Morgan fingerprint density at radius 2 is 1.89 bits per heavy atom. The van der Waals surface area contributed by atoms with Gasteiger partial charge < -0.3 is 24.1 Å². The van der Waals surface area contributed by atoms with E-state index in [2.05, 4.69) is 35.6 Å². The largest absolute Gasteiger partial charge is 0.456 e. The van der Waals surface area contributed by atoms with Crippen LogP contribution >= 0.6 is 27.5 Å². The van der Waals surface area contributed by atoms with Gasteiger partial charge in [-0.25, -0.2) is 4.98 Å². The van der Waals surface area contributed by atoms with Crippen LogP contribution in [-0.2, 0) is 20.9 Å². The molecule has 0 radical (unpaired) electrons. The van der Waals surface area contributed by atoms with Crippen LogP contribution in [0.3, 0.4) is 0 Å². The number of pyridine rings is 1. The van der Waals surface area contributed by atoms with E-state index in [9.17, 15) is 5.11 Å². The number of fused-ring (bicyclic) bond motifs is 2. The SMILES string of the molecule is C[Si](C)(C)CCOCn1c(O[C@@H]2CO[C@H]3[C@@H]2OC[C@H]3O)nc2nc(-c3ccc(Br)cc3)c(Cl)cc21. The summed E-state index contributed by atoms with van der Waals surface area (Å²) in [4.78, 5) is 9.46. The van der Waals surface area contributed by atoms with Gasteiger partial charge in [-0.1, -0.05) is 59.3 Å². The van der Waals surface area contributed by atoms with Crippen molar-refractivity contribution in [2.45, 2.75) is 56.8 Å². The van der Waals surface area contributed by atoms with Crippen molar-refractivity contribution < 1.29 is 24.1 Å². The minimum absolute atomic E-state index is 0.235. The first kappa shape index (κ1) is 25.1. The monoisotopic (exact) mass is 581 g/mol. The molecule has 1 aromatic carbocycles. The molecule has 8 nitrogen and oxygen atoms in total. The molecule has 4 atom stereocenters. The van der Waals surface area contributed by atoms with Crippen molar-refractivity contribution >= 4 is 46.8 Å². The van der Waals surface area contributed by atoms with Gasteiger partial charge in [0.1, 0.15) is 25.0 Å². The molecule has 188 valence electrons. The van der Waals surface area contributed by atoms with E-state index in [1.54, 1.807) is 0 Å². The Kier molecular flexibility index (Phi) is 7.24. The van der Waals surface area contributed by atoms with Crippen LogP contribution in [0.1, 0.15) is 0 Å². The Bertz CT molecular complexity index is 1200. The highest BCUT2D eigenvalue weighted by molar-refractivity contribution is 9.10. The summed E-state index contributed by atoms with van der Waals surface area (Å²) in [7, 11) is -1.23. The molecule has 1 N–H and O–H groups in total. The second kappa shape index (κ2) is 10.1. The number of rotatable bonds is 8. The van der Waals surface area contributed by atoms with Crippen molar-refractivity contribution in [2.24, 2.45) is 0 Å². The number of aromatic nitrogens is 3. The number of aliphatic hydroxyl groups excluding tert-OH is 1. The summed E-state index contributed by atoms with van der Waals surface area (Å²) in [5, 5.41) is 10.6. The first-order valence-corrected chi connectivity index (χ1v) is 16.6. The summed E-state index contributed by atoms with van der Waals surface area (Å²) in [5.41, 5.74) is 2.78. The lowest BCUT2D eigenvalue weighted by Gasteiger charge is -2.19. The highest BCUT2D eigenvalue weighted by atomic mass is 79.9. The normalized spacial score (nSPS) is 24.3. The highest BCUT2D eigenvalue weighted by Gasteiger charge is 2.48. The van der Waals surface area contributed by atoms with E-state index in [1.165, 1.54) is 0 Å². The van der Waals surface area contributed by atoms with E-state index in [4.69, 9.17) is 40.5 Å². The Labute approximate surface area is 218 Å². The van der Waals surface area contributed by atoms with Crippen LogP contribution < -0.4 is 4.74 Å². The summed E-state index contributed by atoms with van der Waals surface area (Å²) in [6.07, 6.45) is -1.77. The number of nitrogens with zero attached hydrogens (tertiary/aromatic N) is 3. The fourth-order valence-electron chi connectivity index (χ4n) is 4.24. The third kappa shape index (κ3) is 5.43. The molecule has 2 aliphatic heterocycles. The quantitative estimate of drug-likeness (QED) is 0.303. The Balaban J connectivity index is 1.46. The van der Waals surface area contributed by atoms with Crippen molar-refractivity contribution in [3.63, 3.8) is 0 Å². The third-order valence-corrected chi connectivity index (χ3v) is 8.75. The summed E-state index contributed by atoms with van der Waals surface area (Å²) in [6, 6.07) is 11.1. The van der Waals surface area contributed by atoms with Crippen molar-refractivity contribution in [3.8, 4) is 17.3 Å². The first-order chi connectivity index (χ1) is 16.7. The number of hydrogen-bond acceptors (Lipinski definition) is 7. The fourth-order valence-corrected chi connectivity index (χ4v) is 5.52. The molecule has 0 spiro atoms. The summed E-state index contributed by atoms with van der Waals surface area (Å²) >= 11 is 10.1. The lowest BCUT2D eigenvalue weighted by Crippen LogP contribution is -2.35. The zero-order valence-electron chi connectivity index (χ0n) is 19.9. The second-order valence-electron chi connectivity index (χ2n) is 10.2. The minimum atomic E-state index is -1.23. The summed E-state index contributed by atoms with van der Waals surface area (Å²) < 4.78 is 26.6. The number of benzene rings is 1. The number of ether oxygens (including phenoxy) is 4. The maximum absolute atomic E-state index is 10.1. The molecule has 3 aromatic rings. The molecule has 35 heavy (non-hydrogen) atoms. The molecule has 0 aliphatic carbocycles. The van der Waals surface area contributed by atoms with Crippen LogP contribution in [0.2, 0.25) is 30.7 Å². The molecule has 5 rings (SSSR count). The molecule has 0 unspecified atom stereocenters. The van der Waals surface area contributed by atoms with Crippen LogP contribution in [0.4, 0.5) is 0 Å². The zero-order valence-corrected chi connectivity index (χ0v) is 23.3. The van der Waals surface area contributed by atoms with E-state index in [0.29, 0.717) is 35.6 Å². The minimum Gasteiger partial charge on any atom is -0.456 e. The predicted octanol–water partition coefficient (Wildman–Crippen LogP) is 4.73. The second-order valence-corrected chi connectivity index (χ2v) is 17.1. The van der Waals surface area contributed by atoms with E-state index in [0.717, 1.165) is 21.6 Å². The molecule has 0 bridgehead atoms. The summed E-state index contributed by atoms with van der Waals surface area (Å²) in [6.45, 7) is 8.41. The van der Waals surface area contributed by atoms with Gasteiger partial charge in [0.15, 0.2) is 11.8 Å². The Morgan fingerprint density at radius 3 is 2.63 bits per heavy atom. The average molecular weight is 583 g/mol. The number of imidazole rings is 1. The van der Waals surface area contributed by atoms with Gasteiger partial charge in [-0.15, -0.1) is 0 Å². The van der Waals surface area contributed by atoms with Gasteiger partial charge >= 0.3 is 6.01 Å². The molecule has 0 amide bonds. The van der Waals surface area contributed by atoms with Crippen LogP contribution in [-0.4, -0.2) is 72.0 Å². The lowest BCUT2D eigenvalue weighted by atomic mass is 10.1. The van der Waals surface area contributed by atoms with E-state index in [1.807, 2.05) is 34.9 Å². The first-order valence-electron chi connectivity index (χ1n) is 11.7. The van der Waals surface area contributed by atoms with Gasteiger partial charge in [0.2, 0.25) is 0 Å². The van der Waals surface area contributed by atoms with Gasteiger partial charge in [0.05, 0.1) is 29.4 Å². The smallest absolute Gasteiger partial charge is 0.301 e. The molecule has 2 aromatic heterocycles. The van der Waals surface area contributed by atoms with Crippen LogP contribution in [0, 0.1) is 0 Å². The Morgan fingerprint density at radius 1 is 1.14 bits per heavy atom. The Hall–Kier alpha value is -1.53. The van der Waals surface area contributed by atoms with E-state index in [-0.39, 0.29) is 25.5 Å². The maximum atomic E-state index is 10.1. The van der Waals surface area contributed by atoms with Crippen LogP contribution in [0.25, 0.3) is 22.4 Å². The standard InChI is InChI=1S/C24H29BrClN3O5Si/c1-35(2,3)9-8-31-13-29-17-10-16(26)20(14-4-6-15(25)7-5-14)27-23(17)28-24(29)34-19-12-33-21-18(30)11-32-22(19)21/h4-7,10,18-19,21-22,30H,8-9,11-13H2,1-3H3/t18-,19-,21-,22-/m1/s1. The van der Waals surface area contributed by atoms with Crippen LogP contribution in [0.5, 0.6) is 6.01 Å². The molecule has 2 fully saturated rings. The average Bonchev–Trinajstić information content (AvgIpc) is 3.47. The van der Waals surface area contributed by atoms with Crippen molar-refractivity contribution in [1.82, 2.24) is 14.5 Å². The molecule has 2 aliphatic rings. The van der Waals surface area contributed by atoms with E-state index < -0.39 is 20.3 Å². The zero-order chi connectivity index (χ0) is 24.7. The van der Waals surface area contributed by atoms with Gasteiger partial charge in [-0.3, -0.25) is 4.57 Å². The number of hydrogen-bond donors (Lipinski definition) is 1. The molecule has 4 heterocycles. The molecule has 11 heteroatoms. The highest BCUT2D eigenvalue weighted by Crippen LogP contribution is 2.34. The molecule has 2 saturated heterocycles. The summed E-state index contributed by atoms with van der Waals surface area (Å²) in [5.74, 6) is 0. The van der Waals surface area contributed by atoms with Crippen molar-refractivity contribution in [2.75, 3.05) is 19.8 Å². The molecular weight excluding hydrogens is 554 g/mol. The number of aliphatic hydroxyl groups is 1. The third-order valence-electron chi connectivity index (χ3n) is 6.23. The predicted molar refractivity (Wildman–Crippen MR) is 140 cm³/mol. The lowest BCUT2D eigenvalue weighted by molar-refractivity contribution is 0.00339.